The fourth-order valence-corrected chi connectivity index (χ4v) is 4.53. The number of anilines is 1. The molecular weight excluding hydrogens is 461 g/mol. The molecule has 5 nitrogen and oxygen atoms in total. The van der Waals surface area contributed by atoms with Crippen molar-refractivity contribution in [3.63, 3.8) is 0 Å². The normalized spacial score (nSPS) is 15.9. The summed E-state index contributed by atoms with van der Waals surface area (Å²) in [5.41, 5.74) is 0.962. The summed E-state index contributed by atoms with van der Waals surface area (Å²) in [6.07, 6.45) is 1.63. The first-order valence-electron chi connectivity index (χ1n) is 9.29. The lowest BCUT2D eigenvalue weighted by Crippen LogP contribution is -2.41. The van der Waals surface area contributed by atoms with Crippen LogP contribution in [0.4, 0.5) is 10.1 Å². The van der Waals surface area contributed by atoms with E-state index in [0.29, 0.717) is 28.1 Å². The number of carboxylic acids is 1. The molecular formula is C21H21BrFNO4S. The number of carbonyl (C=O) groups excluding carboxylic acids is 1. The molecule has 0 saturated carbocycles. The number of thioether (sulfide) groups is 1. The lowest BCUT2D eigenvalue weighted by atomic mass is 10.1. The highest BCUT2D eigenvalue weighted by molar-refractivity contribution is 9.10. The van der Waals surface area contributed by atoms with Crippen molar-refractivity contribution in [3.05, 3.63) is 52.3 Å². The van der Waals surface area contributed by atoms with Crippen molar-refractivity contribution in [1.29, 1.82) is 0 Å². The number of carboxylic acid groups (broad SMARTS) is 1. The van der Waals surface area contributed by atoms with E-state index in [0.717, 1.165) is 17.7 Å². The average Bonchev–Trinajstić information content (AvgIpc) is 2.67. The van der Waals surface area contributed by atoms with Crippen LogP contribution in [0, 0.1) is 5.82 Å². The number of ether oxygens (including phenoxy) is 1. The number of fused-ring (bicyclic) bond motifs is 1. The molecule has 1 N–H and O–H groups in total. The van der Waals surface area contributed by atoms with Gasteiger partial charge >= 0.3 is 5.97 Å². The smallest absolute Gasteiger partial charge is 0.305 e. The molecule has 1 atom stereocenters. The largest absolute Gasteiger partial charge is 0.494 e. The zero-order valence-electron chi connectivity index (χ0n) is 15.9. The van der Waals surface area contributed by atoms with E-state index in [-0.39, 0.29) is 18.9 Å². The summed E-state index contributed by atoms with van der Waals surface area (Å²) >= 11 is 4.45. The van der Waals surface area contributed by atoms with Gasteiger partial charge in [0, 0.05) is 21.0 Å². The number of rotatable bonds is 8. The van der Waals surface area contributed by atoms with Crippen molar-refractivity contribution in [2.45, 2.75) is 42.9 Å². The van der Waals surface area contributed by atoms with Crippen molar-refractivity contribution in [2.24, 2.45) is 0 Å². The first-order valence-corrected chi connectivity index (χ1v) is 11.0. The standard InChI is InChI=1S/C21H21BrFNO4S/c1-2-3-8-28-15-6-7-18-17(10-15)24(21(27)19(29-18)11-20(25)26)12-13-4-5-14(22)9-16(13)23/h4-7,9-10,19H,2-3,8,11-12H2,1H3,(H,25,26). The fraction of sp³-hybridized carbons (Fsp3) is 0.333. The summed E-state index contributed by atoms with van der Waals surface area (Å²) in [6.45, 7) is 2.65. The van der Waals surface area contributed by atoms with Crippen molar-refractivity contribution in [2.75, 3.05) is 11.5 Å². The van der Waals surface area contributed by atoms with Crippen LogP contribution in [0.15, 0.2) is 45.8 Å². The van der Waals surface area contributed by atoms with Gasteiger partial charge in [0.15, 0.2) is 0 Å². The second-order valence-corrected chi connectivity index (χ2v) is 8.86. The highest BCUT2D eigenvalue weighted by Gasteiger charge is 2.35. The maximum Gasteiger partial charge on any atom is 0.305 e. The third-order valence-corrected chi connectivity index (χ3v) is 6.25. The highest BCUT2D eigenvalue weighted by atomic mass is 79.9. The lowest BCUT2D eigenvalue weighted by molar-refractivity contribution is -0.138. The van der Waals surface area contributed by atoms with Gasteiger partial charge in [-0.2, -0.15) is 0 Å². The van der Waals surface area contributed by atoms with Crippen molar-refractivity contribution >= 4 is 45.3 Å². The molecule has 2 aromatic rings. The molecule has 0 aromatic heterocycles. The second-order valence-electron chi connectivity index (χ2n) is 6.70. The molecule has 0 spiro atoms. The van der Waals surface area contributed by atoms with Crippen LogP contribution >= 0.6 is 27.7 Å². The molecule has 1 heterocycles. The predicted octanol–water partition coefficient (Wildman–Crippen LogP) is 5.25. The van der Waals surface area contributed by atoms with Crippen LogP contribution in [0.2, 0.25) is 0 Å². The summed E-state index contributed by atoms with van der Waals surface area (Å²) in [4.78, 5) is 26.5. The molecule has 0 aliphatic carbocycles. The molecule has 1 unspecified atom stereocenters. The molecule has 0 radical (unpaired) electrons. The second kappa shape index (κ2) is 9.63. The van der Waals surface area contributed by atoms with Gasteiger partial charge in [-0.15, -0.1) is 11.8 Å². The summed E-state index contributed by atoms with van der Waals surface area (Å²) in [7, 11) is 0. The van der Waals surface area contributed by atoms with Gasteiger partial charge in [0.05, 0.1) is 30.5 Å². The number of halogens is 2. The number of carbonyl (C=O) groups is 2. The number of aliphatic carboxylic acids is 1. The van der Waals surface area contributed by atoms with E-state index < -0.39 is 17.0 Å². The number of unbranched alkanes of at least 4 members (excludes halogenated alkanes) is 1. The minimum absolute atomic E-state index is 0.0139. The van der Waals surface area contributed by atoms with Crippen LogP contribution in [-0.4, -0.2) is 28.8 Å². The Morgan fingerprint density at radius 1 is 1.31 bits per heavy atom. The van der Waals surface area contributed by atoms with Gasteiger partial charge in [0.1, 0.15) is 11.6 Å². The molecule has 0 saturated heterocycles. The van der Waals surface area contributed by atoms with Gasteiger partial charge in [-0.05, 0) is 30.7 Å². The molecule has 1 aliphatic heterocycles. The van der Waals surface area contributed by atoms with Crippen LogP contribution in [0.25, 0.3) is 0 Å². The molecule has 0 fully saturated rings. The van der Waals surface area contributed by atoms with E-state index in [1.165, 1.54) is 22.7 Å². The molecule has 2 aromatic carbocycles. The van der Waals surface area contributed by atoms with Crippen molar-refractivity contribution < 1.29 is 23.8 Å². The highest BCUT2D eigenvalue weighted by Crippen LogP contribution is 2.43. The Morgan fingerprint density at radius 2 is 2.10 bits per heavy atom. The molecule has 154 valence electrons. The van der Waals surface area contributed by atoms with Gasteiger partial charge in [0.2, 0.25) is 5.91 Å². The minimum atomic E-state index is -1.05. The Kier molecular flexibility index (Phi) is 7.18. The van der Waals surface area contributed by atoms with E-state index in [1.807, 2.05) is 12.1 Å². The van der Waals surface area contributed by atoms with Crippen LogP contribution < -0.4 is 9.64 Å². The Hall–Kier alpha value is -2.06. The predicted molar refractivity (Wildman–Crippen MR) is 114 cm³/mol. The van der Waals surface area contributed by atoms with Gasteiger partial charge < -0.3 is 14.7 Å². The van der Waals surface area contributed by atoms with E-state index in [2.05, 4.69) is 22.9 Å². The summed E-state index contributed by atoms with van der Waals surface area (Å²) in [5.74, 6) is -1.20. The van der Waals surface area contributed by atoms with Crippen molar-refractivity contribution in [3.8, 4) is 5.75 Å². The van der Waals surface area contributed by atoms with Gasteiger partial charge in [-0.1, -0.05) is 35.3 Å². The van der Waals surface area contributed by atoms with E-state index in [4.69, 9.17) is 4.74 Å². The summed E-state index contributed by atoms with van der Waals surface area (Å²) in [6, 6.07) is 10.1. The Labute approximate surface area is 181 Å². The minimum Gasteiger partial charge on any atom is -0.494 e. The molecule has 3 rings (SSSR count). The van der Waals surface area contributed by atoms with E-state index in [1.54, 1.807) is 18.2 Å². The van der Waals surface area contributed by atoms with E-state index >= 15 is 0 Å². The van der Waals surface area contributed by atoms with Crippen molar-refractivity contribution in [1.82, 2.24) is 0 Å². The molecule has 0 bridgehead atoms. The lowest BCUT2D eigenvalue weighted by Gasteiger charge is -2.33. The molecule has 1 amide bonds. The van der Waals surface area contributed by atoms with Gasteiger partial charge in [-0.3, -0.25) is 9.59 Å². The van der Waals surface area contributed by atoms with Crippen LogP contribution in [-0.2, 0) is 16.1 Å². The van der Waals surface area contributed by atoms with Crippen LogP contribution in [0.3, 0.4) is 0 Å². The number of benzene rings is 2. The SMILES string of the molecule is CCCCOc1ccc2c(c1)N(Cc1ccc(Br)cc1F)C(=O)C(CC(=O)O)S2. The maximum atomic E-state index is 14.4. The zero-order valence-corrected chi connectivity index (χ0v) is 18.3. The average molecular weight is 482 g/mol. The number of hydrogen-bond donors (Lipinski definition) is 1. The van der Waals surface area contributed by atoms with Gasteiger partial charge in [-0.25, -0.2) is 4.39 Å². The summed E-state index contributed by atoms with van der Waals surface area (Å²) < 4.78 is 20.8. The topological polar surface area (TPSA) is 66.8 Å². The molecule has 1 aliphatic rings. The summed E-state index contributed by atoms with van der Waals surface area (Å²) in [5, 5.41) is 8.42. The molecule has 8 heteroatoms. The Bertz CT molecular complexity index is 924. The van der Waals surface area contributed by atoms with Crippen LogP contribution in [0.1, 0.15) is 31.7 Å². The van der Waals surface area contributed by atoms with E-state index in [9.17, 15) is 19.1 Å². The first-order chi connectivity index (χ1) is 13.9. The molecule has 29 heavy (non-hydrogen) atoms. The number of nitrogens with zero attached hydrogens (tertiary/aromatic N) is 1. The Balaban J connectivity index is 1.95. The maximum absolute atomic E-state index is 14.4. The van der Waals surface area contributed by atoms with Crippen LogP contribution in [0.5, 0.6) is 5.75 Å². The third-order valence-electron chi connectivity index (χ3n) is 4.50. The number of amides is 1. The monoisotopic (exact) mass is 481 g/mol. The quantitative estimate of drug-likeness (QED) is 0.521. The Morgan fingerprint density at radius 3 is 2.79 bits per heavy atom. The first kappa shape index (κ1) is 21.6. The fourth-order valence-electron chi connectivity index (χ4n) is 3.00. The van der Waals surface area contributed by atoms with Gasteiger partial charge in [0.25, 0.3) is 0 Å². The third kappa shape index (κ3) is 5.30. The number of hydrogen-bond acceptors (Lipinski definition) is 4. The zero-order chi connectivity index (χ0) is 21.0.